The molecule has 0 spiro atoms. The lowest BCUT2D eigenvalue weighted by Crippen LogP contribution is -2.10. The molecule has 0 radical (unpaired) electrons. The van der Waals surface area contributed by atoms with Crippen molar-refractivity contribution in [1.82, 2.24) is 0 Å². The minimum absolute atomic E-state index is 0.128. The summed E-state index contributed by atoms with van der Waals surface area (Å²) in [5.41, 5.74) is 1.01. The van der Waals surface area contributed by atoms with E-state index in [0.29, 0.717) is 0 Å². The van der Waals surface area contributed by atoms with Crippen LogP contribution in [0.15, 0.2) is 23.8 Å². The first kappa shape index (κ1) is 10.7. The van der Waals surface area contributed by atoms with Crippen molar-refractivity contribution in [2.24, 2.45) is 0 Å². The van der Waals surface area contributed by atoms with E-state index in [4.69, 9.17) is 4.74 Å². The second kappa shape index (κ2) is 5.37. The number of carbonyl (C=O) groups is 2. The lowest BCUT2D eigenvalue weighted by Gasteiger charge is -2.07. The van der Waals surface area contributed by atoms with E-state index in [-0.39, 0.29) is 18.8 Å². The highest BCUT2D eigenvalue weighted by molar-refractivity contribution is 5.94. The number of ether oxygens (including phenoxy) is 1. The molecule has 1 rings (SSSR count). The fourth-order valence-electron chi connectivity index (χ4n) is 1.19. The van der Waals surface area contributed by atoms with Gasteiger partial charge in [0.2, 0.25) is 0 Å². The Labute approximate surface area is 83.4 Å². The van der Waals surface area contributed by atoms with E-state index < -0.39 is 5.97 Å². The average Bonchev–Trinajstić information content (AvgIpc) is 2.15. The maximum absolute atomic E-state index is 11.0. The summed E-state index contributed by atoms with van der Waals surface area (Å²) in [4.78, 5) is 21.6. The molecule has 76 valence electrons. The first-order chi connectivity index (χ1) is 6.68. The van der Waals surface area contributed by atoms with E-state index in [1.54, 1.807) is 0 Å². The molecule has 14 heavy (non-hydrogen) atoms. The van der Waals surface area contributed by atoms with Crippen molar-refractivity contribution in [2.45, 2.75) is 26.2 Å². The number of hydrogen-bond donors (Lipinski definition) is 0. The number of ketones is 1. The Bertz CT molecular complexity index is 287. The fourth-order valence-corrected chi connectivity index (χ4v) is 1.19. The molecule has 0 aliphatic heterocycles. The van der Waals surface area contributed by atoms with Crippen LogP contribution in [0.25, 0.3) is 0 Å². The van der Waals surface area contributed by atoms with E-state index in [1.165, 1.54) is 6.92 Å². The molecule has 0 bridgehead atoms. The number of hydrogen-bond acceptors (Lipinski definition) is 3. The van der Waals surface area contributed by atoms with E-state index in [9.17, 15) is 9.59 Å². The summed E-state index contributed by atoms with van der Waals surface area (Å²) in [6.45, 7) is 1.66. The quantitative estimate of drug-likeness (QED) is 0.506. The van der Waals surface area contributed by atoms with Gasteiger partial charge in [-0.3, -0.25) is 9.59 Å². The third-order valence-corrected chi connectivity index (χ3v) is 1.86. The highest BCUT2D eigenvalue weighted by Gasteiger charge is 2.07. The molecule has 0 unspecified atom stereocenters. The molecule has 0 aromatic rings. The van der Waals surface area contributed by atoms with Gasteiger partial charge in [-0.15, -0.1) is 0 Å². The first-order valence-electron chi connectivity index (χ1n) is 4.69. The Morgan fingerprint density at radius 2 is 2.21 bits per heavy atom. The molecule has 0 saturated carbocycles. The molecule has 0 aromatic heterocycles. The van der Waals surface area contributed by atoms with Crippen LogP contribution >= 0.6 is 0 Å². The summed E-state index contributed by atoms with van der Waals surface area (Å²) in [6.07, 6.45) is 7.96. The SMILES string of the molecule is CC(=O)CC(=O)OCC1=CCCC=C1. The lowest BCUT2D eigenvalue weighted by molar-refractivity contribution is -0.144. The molecule has 0 atom stereocenters. The number of allylic oxidation sites excluding steroid dienone is 2. The van der Waals surface area contributed by atoms with E-state index in [1.807, 2.05) is 18.2 Å². The third-order valence-electron chi connectivity index (χ3n) is 1.86. The number of rotatable bonds is 4. The van der Waals surface area contributed by atoms with Gasteiger partial charge in [-0.25, -0.2) is 0 Å². The van der Waals surface area contributed by atoms with Gasteiger partial charge in [-0.05, 0) is 25.3 Å². The van der Waals surface area contributed by atoms with Gasteiger partial charge in [0.05, 0.1) is 0 Å². The minimum Gasteiger partial charge on any atom is -0.460 e. The molecule has 1 aliphatic rings. The van der Waals surface area contributed by atoms with E-state index >= 15 is 0 Å². The Morgan fingerprint density at radius 1 is 1.43 bits per heavy atom. The zero-order chi connectivity index (χ0) is 10.4. The molecule has 0 N–H and O–H groups in total. The Kier molecular flexibility index (Phi) is 4.11. The van der Waals surface area contributed by atoms with Crippen LogP contribution in [0.4, 0.5) is 0 Å². The van der Waals surface area contributed by atoms with Crippen LogP contribution in [0.2, 0.25) is 0 Å². The molecular formula is C11H14O3. The van der Waals surface area contributed by atoms with Crippen LogP contribution in [0.1, 0.15) is 26.2 Å². The van der Waals surface area contributed by atoms with Gasteiger partial charge in [0.15, 0.2) is 0 Å². The zero-order valence-electron chi connectivity index (χ0n) is 8.29. The third kappa shape index (κ3) is 4.03. The maximum Gasteiger partial charge on any atom is 0.313 e. The second-order valence-corrected chi connectivity index (χ2v) is 3.30. The van der Waals surface area contributed by atoms with Crippen LogP contribution < -0.4 is 0 Å². The van der Waals surface area contributed by atoms with Gasteiger partial charge in [0.1, 0.15) is 18.8 Å². The molecule has 0 amide bonds. The number of esters is 1. The van der Waals surface area contributed by atoms with Crippen LogP contribution in [0.3, 0.4) is 0 Å². The van der Waals surface area contributed by atoms with Crippen LogP contribution in [-0.2, 0) is 14.3 Å². The van der Waals surface area contributed by atoms with Crippen molar-refractivity contribution >= 4 is 11.8 Å². The Balaban J connectivity index is 2.26. The van der Waals surface area contributed by atoms with Gasteiger partial charge >= 0.3 is 5.97 Å². The molecule has 1 aliphatic carbocycles. The highest BCUT2D eigenvalue weighted by Crippen LogP contribution is 2.09. The predicted molar refractivity (Wildman–Crippen MR) is 52.7 cm³/mol. The molecule has 0 aromatic carbocycles. The van der Waals surface area contributed by atoms with Gasteiger partial charge < -0.3 is 4.74 Å². The Hall–Kier alpha value is -1.38. The van der Waals surface area contributed by atoms with Crippen molar-refractivity contribution in [3.63, 3.8) is 0 Å². The van der Waals surface area contributed by atoms with Gasteiger partial charge in [0.25, 0.3) is 0 Å². The summed E-state index contributed by atoms with van der Waals surface area (Å²) in [5, 5.41) is 0. The van der Waals surface area contributed by atoms with Crippen molar-refractivity contribution < 1.29 is 14.3 Å². The summed E-state index contributed by atoms with van der Waals surface area (Å²) >= 11 is 0. The van der Waals surface area contributed by atoms with Gasteiger partial charge in [-0.1, -0.05) is 18.2 Å². The molecule has 0 saturated heterocycles. The minimum atomic E-state index is -0.447. The Morgan fingerprint density at radius 3 is 2.79 bits per heavy atom. The summed E-state index contributed by atoms with van der Waals surface area (Å²) in [5.74, 6) is -0.611. The highest BCUT2D eigenvalue weighted by atomic mass is 16.5. The second-order valence-electron chi connectivity index (χ2n) is 3.30. The predicted octanol–water partition coefficient (Wildman–Crippen LogP) is 1.79. The molecule has 0 fully saturated rings. The normalized spacial score (nSPS) is 14.8. The lowest BCUT2D eigenvalue weighted by atomic mass is 10.1. The zero-order valence-corrected chi connectivity index (χ0v) is 8.29. The first-order valence-corrected chi connectivity index (χ1v) is 4.69. The molecule has 3 heteroatoms. The van der Waals surface area contributed by atoms with Crippen LogP contribution in [0.5, 0.6) is 0 Å². The van der Waals surface area contributed by atoms with Gasteiger partial charge in [-0.2, -0.15) is 0 Å². The van der Waals surface area contributed by atoms with Gasteiger partial charge in [0, 0.05) is 0 Å². The van der Waals surface area contributed by atoms with Crippen molar-refractivity contribution in [3.05, 3.63) is 23.8 Å². The molecule has 3 nitrogen and oxygen atoms in total. The topological polar surface area (TPSA) is 43.4 Å². The molecule has 0 heterocycles. The summed E-state index contributed by atoms with van der Waals surface area (Å²) in [7, 11) is 0. The number of carbonyl (C=O) groups excluding carboxylic acids is 2. The average molecular weight is 194 g/mol. The summed E-state index contributed by atoms with van der Waals surface area (Å²) < 4.78 is 4.91. The maximum atomic E-state index is 11.0. The molecular weight excluding hydrogens is 180 g/mol. The monoisotopic (exact) mass is 194 g/mol. The summed E-state index contributed by atoms with van der Waals surface area (Å²) in [6, 6.07) is 0. The fraction of sp³-hybridized carbons (Fsp3) is 0.455. The van der Waals surface area contributed by atoms with E-state index in [2.05, 4.69) is 0 Å². The smallest absolute Gasteiger partial charge is 0.313 e. The van der Waals surface area contributed by atoms with Crippen molar-refractivity contribution in [3.8, 4) is 0 Å². The number of Topliss-reactive ketones (excluding diaryl/α,β-unsaturated/α-hetero) is 1. The van der Waals surface area contributed by atoms with Crippen LogP contribution in [0, 0.1) is 0 Å². The van der Waals surface area contributed by atoms with Crippen molar-refractivity contribution in [1.29, 1.82) is 0 Å². The van der Waals surface area contributed by atoms with E-state index in [0.717, 1.165) is 18.4 Å². The van der Waals surface area contributed by atoms with Crippen LogP contribution in [-0.4, -0.2) is 18.4 Å². The standard InChI is InChI=1S/C11H14O3/c1-9(12)7-11(13)14-8-10-5-3-2-4-6-10/h3,5-6H,2,4,7-8H2,1H3. The largest absolute Gasteiger partial charge is 0.460 e. The van der Waals surface area contributed by atoms with Crippen molar-refractivity contribution in [2.75, 3.05) is 6.61 Å².